The van der Waals surface area contributed by atoms with E-state index in [4.69, 9.17) is 39.1 Å². The van der Waals surface area contributed by atoms with Crippen molar-refractivity contribution in [1.29, 1.82) is 0 Å². The van der Waals surface area contributed by atoms with Crippen molar-refractivity contribution in [2.75, 3.05) is 21.7 Å². The topological polar surface area (TPSA) is 159 Å². The van der Waals surface area contributed by atoms with Crippen molar-refractivity contribution in [3.63, 3.8) is 0 Å². The molecule has 0 radical (unpaired) electrons. The molecular weight excluding hydrogens is 583 g/mol. The van der Waals surface area contributed by atoms with Gasteiger partial charge in [-0.3, -0.25) is 4.79 Å². The maximum Gasteiger partial charge on any atom is 0.336 e. The van der Waals surface area contributed by atoms with E-state index in [-0.39, 0.29) is 15.8 Å². The minimum Gasteiger partial charge on any atom is -0.479 e. The predicted molar refractivity (Wildman–Crippen MR) is 128 cm³/mol. The molecule has 0 unspecified atom stereocenters. The van der Waals surface area contributed by atoms with Crippen molar-refractivity contribution in [2.24, 2.45) is 0 Å². The van der Waals surface area contributed by atoms with E-state index >= 15 is 0 Å². The molecule has 6 N–H and O–H groups in total. The number of rotatable bonds is 5. The number of carbonyl (C=O) groups excluding carboxylic acids is 1. The summed E-state index contributed by atoms with van der Waals surface area (Å²) in [6.07, 6.45) is 3.04. The number of hydrogen-bond acceptors (Lipinski definition) is 7. The Morgan fingerprint density at radius 1 is 1.03 bits per heavy atom. The van der Waals surface area contributed by atoms with E-state index in [0.717, 1.165) is 0 Å². The van der Waals surface area contributed by atoms with Crippen LogP contribution in [0.2, 0.25) is 10.3 Å². The molecule has 2 aromatic heterocycles. The van der Waals surface area contributed by atoms with Crippen molar-refractivity contribution in [2.45, 2.75) is 25.0 Å². The van der Waals surface area contributed by atoms with Crippen molar-refractivity contribution in [3.05, 3.63) is 47.0 Å². The van der Waals surface area contributed by atoms with Gasteiger partial charge in [0, 0.05) is 34.4 Å². The number of alkyl halides is 2. The normalized spacial score (nSPS) is 13.8. The molecule has 0 aromatic carbocycles. The van der Waals surface area contributed by atoms with Crippen LogP contribution in [-0.2, 0) is 9.59 Å². The average Bonchev–Trinajstić information content (AvgIpc) is 2.68. The van der Waals surface area contributed by atoms with Crippen LogP contribution in [-0.4, -0.2) is 59.0 Å². The van der Waals surface area contributed by atoms with Gasteiger partial charge in [-0.1, -0.05) is 55.1 Å². The molecule has 2 rings (SSSR count). The number of nitrogens with one attached hydrogen (secondary N) is 1. The highest BCUT2D eigenvalue weighted by Gasteiger charge is 2.29. The van der Waals surface area contributed by atoms with Gasteiger partial charge in [0.25, 0.3) is 5.91 Å². The standard InChI is InChI=1S/C9H10BrClN2O2.C5H5ClN2.C4H7BrO3/c1-9(15,5-10)8(14)13-6-2-3-12-7(11)4-6;6-5-3-4(7)1-2-8-5;1-4(8,2-5)3(6)7/h2-4,15H,5H2,1H3,(H,12,13,14);1-3H,(H2,7,8);8H,2H2,1H3,(H,6,7)/t9-;;4-/m0.0/s1. The predicted octanol–water partition coefficient (Wildman–Crippen LogP) is 3.35. The van der Waals surface area contributed by atoms with E-state index in [1.165, 1.54) is 26.1 Å². The zero-order valence-corrected chi connectivity index (χ0v) is 21.2. The number of anilines is 2. The fraction of sp³-hybridized carbons (Fsp3) is 0.333. The minimum absolute atomic E-state index is 0.0509. The van der Waals surface area contributed by atoms with Crippen LogP contribution in [0, 0.1) is 0 Å². The number of amides is 1. The van der Waals surface area contributed by atoms with E-state index < -0.39 is 23.1 Å². The first-order valence-electron chi connectivity index (χ1n) is 8.35. The third-order valence-corrected chi connectivity index (χ3v) is 5.80. The monoisotopic (exact) mass is 602 g/mol. The van der Waals surface area contributed by atoms with E-state index in [9.17, 15) is 14.7 Å². The molecule has 2 aromatic rings. The molecule has 1 amide bonds. The van der Waals surface area contributed by atoms with Crippen LogP contribution in [0.1, 0.15) is 13.8 Å². The van der Waals surface area contributed by atoms with Gasteiger partial charge in [-0.25, -0.2) is 14.8 Å². The highest BCUT2D eigenvalue weighted by Crippen LogP contribution is 2.15. The van der Waals surface area contributed by atoms with Crippen LogP contribution < -0.4 is 11.1 Å². The van der Waals surface area contributed by atoms with E-state index in [0.29, 0.717) is 16.5 Å². The van der Waals surface area contributed by atoms with Gasteiger partial charge >= 0.3 is 5.97 Å². The molecule has 0 aliphatic rings. The SMILES string of the molecule is C[C@](O)(CBr)C(=O)Nc1ccnc(Cl)c1.C[C@](O)(CBr)C(=O)O.Nc1ccnc(Cl)c1. The van der Waals surface area contributed by atoms with Crippen LogP contribution in [0.5, 0.6) is 0 Å². The van der Waals surface area contributed by atoms with Gasteiger partial charge in [-0.05, 0) is 38.1 Å². The van der Waals surface area contributed by atoms with Crippen molar-refractivity contribution in [1.82, 2.24) is 9.97 Å². The summed E-state index contributed by atoms with van der Waals surface area (Å²) in [7, 11) is 0. The van der Waals surface area contributed by atoms with Gasteiger partial charge < -0.3 is 26.4 Å². The molecule has 0 aliphatic heterocycles. The Bertz CT molecular complexity index is 855. The van der Waals surface area contributed by atoms with Crippen LogP contribution in [0.15, 0.2) is 36.7 Å². The molecule has 0 saturated heterocycles. The summed E-state index contributed by atoms with van der Waals surface area (Å²) in [6.45, 7) is 2.64. The lowest BCUT2D eigenvalue weighted by atomic mass is 10.1. The summed E-state index contributed by atoms with van der Waals surface area (Å²) in [5.74, 6) is -1.71. The Morgan fingerprint density at radius 2 is 1.52 bits per heavy atom. The number of halogens is 4. The van der Waals surface area contributed by atoms with Gasteiger partial charge in [-0.15, -0.1) is 0 Å². The van der Waals surface area contributed by atoms with Crippen molar-refractivity contribution >= 4 is 78.3 Å². The summed E-state index contributed by atoms with van der Waals surface area (Å²) in [5, 5.41) is 30.0. The quantitative estimate of drug-likeness (QED) is 0.257. The Hall–Kier alpha value is -1.50. The van der Waals surface area contributed by atoms with Gasteiger partial charge in [0.2, 0.25) is 0 Å². The second kappa shape index (κ2) is 13.8. The van der Waals surface area contributed by atoms with Crippen LogP contribution >= 0.6 is 55.1 Å². The highest BCUT2D eigenvalue weighted by atomic mass is 79.9. The minimum atomic E-state index is -1.62. The molecule has 13 heteroatoms. The fourth-order valence-electron chi connectivity index (χ4n) is 1.28. The van der Waals surface area contributed by atoms with Gasteiger partial charge in [0.15, 0.2) is 5.60 Å². The van der Waals surface area contributed by atoms with Crippen LogP contribution in [0.4, 0.5) is 11.4 Å². The maximum absolute atomic E-state index is 11.5. The lowest BCUT2D eigenvalue weighted by Crippen LogP contribution is -2.41. The molecule has 0 spiro atoms. The first kappa shape index (κ1) is 29.5. The second-order valence-corrected chi connectivity index (χ2v) is 8.25. The molecule has 0 saturated carbocycles. The molecule has 9 nitrogen and oxygen atoms in total. The summed E-state index contributed by atoms with van der Waals surface area (Å²) < 4.78 is 0. The third-order valence-electron chi connectivity index (χ3n) is 3.21. The highest BCUT2D eigenvalue weighted by molar-refractivity contribution is 9.09. The van der Waals surface area contributed by atoms with Crippen molar-refractivity contribution < 1.29 is 24.9 Å². The molecule has 0 fully saturated rings. The zero-order valence-electron chi connectivity index (χ0n) is 16.5. The second-order valence-electron chi connectivity index (χ2n) is 6.35. The third kappa shape index (κ3) is 12.2. The summed E-state index contributed by atoms with van der Waals surface area (Å²) in [6, 6.07) is 6.38. The first-order valence-corrected chi connectivity index (χ1v) is 11.3. The Balaban J connectivity index is 0.000000477. The number of carbonyl (C=O) groups is 2. The Kier molecular flexibility index (Phi) is 13.1. The molecule has 0 aliphatic carbocycles. The molecule has 2 heterocycles. The van der Waals surface area contributed by atoms with Crippen LogP contribution in [0.25, 0.3) is 0 Å². The number of nitrogen functional groups attached to an aromatic ring is 1. The molecule has 172 valence electrons. The number of aliphatic carboxylic acids is 1. The van der Waals surface area contributed by atoms with Gasteiger partial charge in [0.05, 0.1) is 0 Å². The number of nitrogens with two attached hydrogens (primary N) is 1. The molecule has 0 bridgehead atoms. The van der Waals surface area contributed by atoms with E-state index in [1.807, 2.05) is 0 Å². The average molecular weight is 605 g/mol. The molecule has 2 atom stereocenters. The summed E-state index contributed by atoms with van der Waals surface area (Å²) in [5.41, 5.74) is 3.41. The lowest BCUT2D eigenvalue weighted by molar-refractivity contribution is -0.154. The number of hydrogen-bond donors (Lipinski definition) is 5. The Labute approximate surface area is 206 Å². The number of carboxylic acid groups (broad SMARTS) is 1. The number of pyridine rings is 2. The molecular formula is C18H22Br2Cl2N4O5. The molecule has 31 heavy (non-hydrogen) atoms. The summed E-state index contributed by atoms with van der Waals surface area (Å²) in [4.78, 5) is 29.0. The first-order chi connectivity index (χ1) is 14.2. The van der Waals surface area contributed by atoms with E-state index in [1.54, 1.807) is 24.4 Å². The van der Waals surface area contributed by atoms with Crippen molar-refractivity contribution in [3.8, 4) is 0 Å². The zero-order chi connectivity index (χ0) is 24.2. The smallest absolute Gasteiger partial charge is 0.336 e. The van der Waals surface area contributed by atoms with E-state index in [2.05, 4.69) is 47.1 Å². The number of carboxylic acids is 1. The lowest BCUT2D eigenvalue weighted by Gasteiger charge is -2.19. The van der Waals surface area contributed by atoms with Crippen LogP contribution in [0.3, 0.4) is 0 Å². The Morgan fingerprint density at radius 3 is 1.84 bits per heavy atom. The van der Waals surface area contributed by atoms with Gasteiger partial charge in [0.1, 0.15) is 15.9 Å². The number of nitrogens with zero attached hydrogens (tertiary/aromatic N) is 2. The van der Waals surface area contributed by atoms with Gasteiger partial charge in [-0.2, -0.15) is 0 Å². The summed E-state index contributed by atoms with van der Waals surface area (Å²) >= 11 is 17.0. The largest absolute Gasteiger partial charge is 0.479 e. The number of aliphatic hydroxyl groups is 2. The maximum atomic E-state index is 11.5. The fourth-order valence-corrected chi connectivity index (χ4v) is 2.13. The number of aromatic nitrogens is 2.